The second-order valence-electron chi connectivity index (χ2n) is 6.05. The van der Waals surface area contributed by atoms with E-state index in [9.17, 15) is 4.79 Å². The molecule has 0 unspecified atom stereocenters. The van der Waals surface area contributed by atoms with Crippen LogP contribution in [0.1, 0.15) is 38.2 Å². The molecule has 0 saturated heterocycles. The number of unbranched alkanes of at least 4 members (excludes halogenated alkanes) is 3. The number of nitrogens with one attached hydrogen (secondary N) is 2. The quantitative estimate of drug-likeness (QED) is 0.597. The fourth-order valence-electron chi connectivity index (χ4n) is 2.46. The van der Waals surface area contributed by atoms with Gasteiger partial charge in [0.15, 0.2) is 0 Å². The molecule has 2 rings (SSSR count). The average molecular weight is 340 g/mol. The number of amides is 1. The smallest absolute Gasteiger partial charge is 0.239 e. The second kappa shape index (κ2) is 11.1. The van der Waals surface area contributed by atoms with Crippen molar-refractivity contribution in [2.75, 3.05) is 18.5 Å². The third-order valence-corrected chi connectivity index (χ3v) is 3.89. The molecule has 2 N–H and O–H groups in total. The molecule has 0 spiro atoms. The standard InChI is InChI=1S/C21H28N2O2/c1-2-3-4-8-14-25-20-13-9-12-19(15-20)22-17-21(24)23-16-18-10-6-5-7-11-18/h5-7,9-13,15,22H,2-4,8,14,16-17H2,1H3,(H,23,24). The van der Waals surface area contributed by atoms with Crippen molar-refractivity contribution < 1.29 is 9.53 Å². The van der Waals surface area contributed by atoms with Crippen molar-refractivity contribution in [3.05, 3.63) is 60.2 Å². The minimum absolute atomic E-state index is 0.0326. The minimum Gasteiger partial charge on any atom is -0.494 e. The Hall–Kier alpha value is -2.49. The number of hydrogen-bond acceptors (Lipinski definition) is 3. The number of rotatable bonds is 11. The summed E-state index contributed by atoms with van der Waals surface area (Å²) < 4.78 is 5.76. The number of ether oxygens (including phenoxy) is 1. The van der Waals surface area contributed by atoms with Crippen LogP contribution in [0.5, 0.6) is 5.75 Å². The molecule has 0 heterocycles. The Balaban J connectivity index is 1.69. The van der Waals surface area contributed by atoms with Gasteiger partial charge in [-0.2, -0.15) is 0 Å². The van der Waals surface area contributed by atoms with Crippen LogP contribution in [0.3, 0.4) is 0 Å². The Labute approximate surface area is 150 Å². The highest BCUT2D eigenvalue weighted by Crippen LogP contribution is 2.17. The summed E-state index contributed by atoms with van der Waals surface area (Å²) in [5.74, 6) is 0.806. The minimum atomic E-state index is -0.0326. The lowest BCUT2D eigenvalue weighted by molar-refractivity contribution is -0.119. The van der Waals surface area contributed by atoms with Crippen molar-refractivity contribution >= 4 is 11.6 Å². The highest BCUT2D eigenvalue weighted by Gasteiger charge is 2.02. The lowest BCUT2D eigenvalue weighted by atomic mass is 10.2. The summed E-state index contributed by atoms with van der Waals surface area (Å²) in [6.45, 7) is 3.72. The molecule has 4 nitrogen and oxygen atoms in total. The van der Waals surface area contributed by atoms with Gasteiger partial charge in [0.1, 0.15) is 5.75 Å². The first-order valence-electron chi connectivity index (χ1n) is 9.05. The predicted molar refractivity (Wildman–Crippen MR) is 103 cm³/mol. The monoisotopic (exact) mass is 340 g/mol. The number of anilines is 1. The van der Waals surface area contributed by atoms with Gasteiger partial charge in [-0.1, -0.05) is 62.6 Å². The van der Waals surface area contributed by atoms with Gasteiger partial charge in [-0.15, -0.1) is 0 Å². The molecule has 2 aromatic carbocycles. The van der Waals surface area contributed by atoms with E-state index in [1.807, 2.05) is 54.6 Å². The molecule has 0 radical (unpaired) electrons. The molecule has 0 aliphatic heterocycles. The molecule has 0 atom stereocenters. The van der Waals surface area contributed by atoms with Crippen LogP contribution in [0, 0.1) is 0 Å². The highest BCUT2D eigenvalue weighted by atomic mass is 16.5. The molecule has 0 saturated carbocycles. The normalized spacial score (nSPS) is 10.3. The molecule has 2 aromatic rings. The SMILES string of the molecule is CCCCCCOc1cccc(NCC(=O)NCc2ccccc2)c1. The van der Waals surface area contributed by atoms with Gasteiger partial charge in [-0.3, -0.25) is 4.79 Å². The summed E-state index contributed by atoms with van der Waals surface area (Å²) in [7, 11) is 0. The summed E-state index contributed by atoms with van der Waals surface area (Å²) in [5.41, 5.74) is 1.98. The van der Waals surface area contributed by atoms with Crippen LogP contribution in [0.15, 0.2) is 54.6 Å². The Bertz CT molecular complexity index is 629. The van der Waals surface area contributed by atoms with Crippen LogP contribution in [-0.4, -0.2) is 19.1 Å². The first-order valence-corrected chi connectivity index (χ1v) is 9.05. The number of benzene rings is 2. The summed E-state index contributed by atoms with van der Waals surface area (Å²) >= 11 is 0. The van der Waals surface area contributed by atoms with Gasteiger partial charge >= 0.3 is 0 Å². The van der Waals surface area contributed by atoms with E-state index in [4.69, 9.17) is 4.74 Å². The molecule has 1 amide bonds. The summed E-state index contributed by atoms with van der Waals surface area (Å²) in [4.78, 5) is 11.9. The number of carbonyl (C=O) groups excluding carboxylic acids is 1. The average Bonchev–Trinajstić information content (AvgIpc) is 2.66. The molecule has 0 bridgehead atoms. The van der Waals surface area contributed by atoms with Crippen LogP contribution in [0.25, 0.3) is 0 Å². The van der Waals surface area contributed by atoms with Crippen molar-refractivity contribution in [3.8, 4) is 5.75 Å². The topological polar surface area (TPSA) is 50.4 Å². The summed E-state index contributed by atoms with van der Waals surface area (Å²) in [5, 5.41) is 6.04. The maximum Gasteiger partial charge on any atom is 0.239 e. The van der Waals surface area contributed by atoms with Crippen LogP contribution in [0.2, 0.25) is 0 Å². The van der Waals surface area contributed by atoms with E-state index in [1.165, 1.54) is 19.3 Å². The van der Waals surface area contributed by atoms with Gasteiger partial charge in [0.2, 0.25) is 5.91 Å². The van der Waals surface area contributed by atoms with E-state index in [1.54, 1.807) is 0 Å². The fraction of sp³-hybridized carbons (Fsp3) is 0.381. The van der Waals surface area contributed by atoms with E-state index in [0.29, 0.717) is 6.54 Å². The maximum absolute atomic E-state index is 11.9. The molecular weight excluding hydrogens is 312 g/mol. The zero-order valence-electron chi connectivity index (χ0n) is 15.0. The van der Waals surface area contributed by atoms with Gasteiger partial charge in [0.25, 0.3) is 0 Å². The van der Waals surface area contributed by atoms with Gasteiger partial charge in [0.05, 0.1) is 13.2 Å². The maximum atomic E-state index is 11.9. The first-order chi connectivity index (χ1) is 12.3. The van der Waals surface area contributed by atoms with E-state index < -0.39 is 0 Å². The predicted octanol–water partition coefficient (Wildman–Crippen LogP) is 4.37. The van der Waals surface area contributed by atoms with Crippen LogP contribution in [0.4, 0.5) is 5.69 Å². The summed E-state index contributed by atoms with van der Waals surface area (Å²) in [6, 6.07) is 17.6. The molecule has 134 valence electrons. The van der Waals surface area contributed by atoms with Crippen molar-refractivity contribution in [1.82, 2.24) is 5.32 Å². The largest absolute Gasteiger partial charge is 0.494 e. The Morgan fingerprint density at radius 2 is 1.84 bits per heavy atom. The summed E-state index contributed by atoms with van der Waals surface area (Å²) in [6.07, 6.45) is 4.76. The van der Waals surface area contributed by atoms with Gasteiger partial charge in [-0.05, 0) is 24.1 Å². The number of carbonyl (C=O) groups is 1. The zero-order chi connectivity index (χ0) is 17.7. The molecule has 0 aliphatic rings. The Morgan fingerprint density at radius 1 is 1.00 bits per heavy atom. The highest BCUT2D eigenvalue weighted by molar-refractivity contribution is 5.80. The Kier molecular flexibility index (Phi) is 8.39. The third-order valence-electron chi connectivity index (χ3n) is 3.89. The van der Waals surface area contributed by atoms with E-state index in [-0.39, 0.29) is 12.5 Å². The van der Waals surface area contributed by atoms with Gasteiger partial charge < -0.3 is 15.4 Å². The molecule has 0 fully saturated rings. The molecular formula is C21H28N2O2. The lowest BCUT2D eigenvalue weighted by Gasteiger charge is -2.10. The first kappa shape index (κ1) is 18.8. The molecule has 25 heavy (non-hydrogen) atoms. The fourth-order valence-corrected chi connectivity index (χ4v) is 2.46. The van der Waals surface area contributed by atoms with Crippen LogP contribution < -0.4 is 15.4 Å². The molecule has 0 aromatic heterocycles. The zero-order valence-corrected chi connectivity index (χ0v) is 15.0. The van der Waals surface area contributed by atoms with Gasteiger partial charge in [0, 0.05) is 18.3 Å². The van der Waals surface area contributed by atoms with Crippen molar-refractivity contribution in [3.63, 3.8) is 0 Å². The van der Waals surface area contributed by atoms with E-state index in [0.717, 1.165) is 30.0 Å². The van der Waals surface area contributed by atoms with Crippen LogP contribution in [-0.2, 0) is 11.3 Å². The van der Waals surface area contributed by atoms with Crippen LogP contribution >= 0.6 is 0 Å². The van der Waals surface area contributed by atoms with E-state index in [2.05, 4.69) is 17.6 Å². The van der Waals surface area contributed by atoms with Crippen molar-refractivity contribution in [2.45, 2.75) is 39.2 Å². The molecule has 0 aliphatic carbocycles. The Morgan fingerprint density at radius 3 is 2.64 bits per heavy atom. The third kappa shape index (κ3) is 7.75. The van der Waals surface area contributed by atoms with Crippen molar-refractivity contribution in [1.29, 1.82) is 0 Å². The van der Waals surface area contributed by atoms with Crippen molar-refractivity contribution in [2.24, 2.45) is 0 Å². The second-order valence-corrected chi connectivity index (χ2v) is 6.05. The molecule has 4 heteroatoms. The van der Waals surface area contributed by atoms with E-state index >= 15 is 0 Å². The lowest BCUT2D eigenvalue weighted by Crippen LogP contribution is -2.29. The van der Waals surface area contributed by atoms with Gasteiger partial charge in [-0.25, -0.2) is 0 Å². The number of hydrogen-bond donors (Lipinski definition) is 2.